The number of rotatable bonds is 8. The Bertz CT molecular complexity index is 1270. The summed E-state index contributed by atoms with van der Waals surface area (Å²) in [7, 11) is 1.67. The molecule has 0 radical (unpaired) electrons. The second-order valence-electron chi connectivity index (χ2n) is 7.97. The van der Waals surface area contributed by atoms with Gasteiger partial charge in [-0.15, -0.1) is 0 Å². The number of hydrogen-bond acceptors (Lipinski definition) is 3. The zero-order valence-corrected chi connectivity index (χ0v) is 18.6. The van der Waals surface area contributed by atoms with Crippen molar-refractivity contribution in [3.8, 4) is 0 Å². The van der Waals surface area contributed by atoms with Crippen molar-refractivity contribution in [2.45, 2.75) is 12.5 Å². The molecular weight excluding hydrogens is 428 g/mol. The van der Waals surface area contributed by atoms with Gasteiger partial charge in [0.2, 0.25) is 5.78 Å². The Labute approximate surface area is 197 Å². The normalized spacial score (nSPS) is 10.8. The van der Waals surface area contributed by atoms with Crippen molar-refractivity contribution >= 4 is 17.7 Å². The Morgan fingerprint density at radius 3 is 1.82 bits per heavy atom. The third kappa shape index (κ3) is 4.96. The predicted molar refractivity (Wildman–Crippen MR) is 129 cm³/mol. The van der Waals surface area contributed by atoms with Gasteiger partial charge in [0.05, 0.1) is 18.2 Å². The van der Waals surface area contributed by atoms with E-state index in [0.717, 1.165) is 11.1 Å². The number of nitrogens with zero attached hydrogens (tertiary/aromatic N) is 1. The predicted octanol–water partition coefficient (Wildman–Crippen LogP) is 4.40. The summed E-state index contributed by atoms with van der Waals surface area (Å²) >= 11 is 0. The summed E-state index contributed by atoms with van der Waals surface area (Å²) in [6.07, 6.45) is -0.160. The maximum Gasteiger partial charge on any atom is 0.309 e. The van der Waals surface area contributed by atoms with E-state index in [0.29, 0.717) is 22.5 Å². The molecule has 0 atom stereocenters. The zero-order chi connectivity index (χ0) is 24.1. The monoisotopic (exact) mass is 452 g/mol. The molecular formula is C28H24N2O4. The highest BCUT2D eigenvalue weighted by molar-refractivity contribution is 6.08. The van der Waals surface area contributed by atoms with Crippen LogP contribution >= 0.6 is 0 Å². The number of carboxylic acids is 1. The lowest BCUT2D eigenvalue weighted by Gasteiger charge is -2.20. The van der Waals surface area contributed by atoms with E-state index in [1.165, 1.54) is 0 Å². The van der Waals surface area contributed by atoms with Gasteiger partial charge in [-0.25, -0.2) is 0 Å². The number of aromatic nitrogens is 1. The minimum atomic E-state index is -0.958. The molecule has 0 saturated carbocycles. The van der Waals surface area contributed by atoms with Crippen molar-refractivity contribution in [1.29, 1.82) is 0 Å². The number of carbonyl (C=O) groups is 3. The molecule has 0 bridgehead atoms. The van der Waals surface area contributed by atoms with Crippen LogP contribution in [0.15, 0.2) is 97.1 Å². The van der Waals surface area contributed by atoms with E-state index in [9.17, 15) is 14.4 Å². The molecule has 1 heterocycles. The maximum atomic E-state index is 13.1. The Morgan fingerprint density at radius 2 is 1.29 bits per heavy atom. The second-order valence-corrected chi connectivity index (χ2v) is 7.97. The molecule has 1 aromatic heterocycles. The first-order valence-electron chi connectivity index (χ1n) is 10.9. The van der Waals surface area contributed by atoms with Gasteiger partial charge in [-0.3, -0.25) is 14.4 Å². The van der Waals surface area contributed by atoms with E-state index in [1.807, 2.05) is 60.7 Å². The van der Waals surface area contributed by atoms with Crippen molar-refractivity contribution in [3.05, 3.63) is 131 Å². The van der Waals surface area contributed by atoms with Gasteiger partial charge in [-0.2, -0.15) is 0 Å². The van der Waals surface area contributed by atoms with Gasteiger partial charge in [0, 0.05) is 23.9 Å². The molecule has 170 valence electrons. The van der Waals surface area contributed by atoms with Gasteiger partial charge < -0.3 is 15.0 Å². The molecule has 0 unspecified atom stereocenters. The van der Waals surface area contributed by atoms with Gasteiger partial charge >= 0.3 is 5.97 Å². The SMILES string of the molecule is Cn1c(CC(=O)O)ccc1C(=O)c1ccc(C(=O)NC(c2ccccc2)c2ccccc2)cc1. The third-order valence-electron chi connectivity index (χ3n) is 5.74. The Morgan fingerprint density at radius 1 is 0.765 bits per heavy atom. The molecule has 0 fully saturated rings. The van der Waals surface area contributed by atoms with Gasteiger partial charge in [0.25, 0.3) is 5.91 Å². The van der Waals surface area contributed by atoms with Crippen molar-refractivity contribution < 1.29 is 19.5 Å². The molecule has 0 aliphatic heterocycles. The Kier molecular flexibility index (Phi) is 6.69. The topological polar surface area (TPSA) is 88.4 Å². The van der Waals surface area contributed by atoms with Crippen LogP contribution in [0.25, 0.3) is 0 Å². The summed E-state index contributed by atoms with van der Waals surface area (Å²) in [4.78, 5) is 37.0. The summed E-state index contributed by atoms with van der Waals surface area (Å²) in [5.74, 6) is -1.45. The number of benzene rings is 3. The lowest BCUT2D eigenvalue weighted by molar-refractivity contribution is -0.136. The summed E-state index contributed by atoms with van der Waals surface area (Å²) < 4.78 is 1.58. The Balaban J connectivity index is 1.53. The van der Waals surface area contributed by atoms with Crippen LogP contribution in [0, 0.1) is 0 Å². The quantitative estimate of drug-likeness (QED) is 0.388. The van der Waals surface area contributed by atoms with Crippen LogP contribution in [0.3, 0.4) is 0 Å². The fourth-order valence-corrected chi connectivity index (χ4v) is 3.90. The summed E-state index contributed by atoms with van der Waals surface area (Å²) in [5.41, 5.74) is 3.72. The van der Waals surface area contributed by atoms with Crippen LogP contribution in [0.1, 0.15) is 49.3 Å². The van der Waals surface area contributed by atoms with Gasteiger partial charge in [0.15, 0.2) is 0 Å². The number of aliphatic carboxylic acids is 1. The van der Waals surface area contributed by atoms with Crippen LogP contribution in [0.2, 0.25) is 0 Å². The number of hydrogen-bond donors (Lipinski definition) is 2. The van der Waals surface area contributed by atoms with E-state index in [2.05, 4.69) is 5.32 Å². The first-order valence-corrected chi connectivity index (χ1v) is 10.9. The van der Waals surface area contributed by atoms with Crippen LogP contribution < -0.4 is 5.32 Å². The molecule has 3 aromatic carbocycles. The van der Waals surface area contributed by atoms with Crippen LogP contribution in [0.4, 0.5) is 0 Å². The first-order chi connectivity index (χ1) is 16.4. The molecule has 34 heavy (non-hydrogen) atoms. The zero-order valence-electron chi connectivity index (χ0n) is 18.6. The maximum absolute atomic E-state index is 13.1. The summed E-state index contributed by atoms with van der Waals surface area (Å²) in [5, 5.41) is 12.1. The second kappa shape index (κ2) is 10.0. The molecule has 0 saturated heterocycles. The van der Waals surface area contributed by atoms with E-state index in [-0.39, 0.29) is 24.2 Å². The van der Waals surface area contributed by atoms with E-state index in [1.54, 1.807) is 48.0 Å². The van der Waals surface area contributed by atoms with Gasteiger partial charge in [-0.1, -0.05) is 72.8 Å². The molecule has 0 spiro atoms. The Hall–Kier alpha value is -4.45. The first kappa shape index (κ1) is 22.7. The van der Waals surface area contributed by atoms with E-state index >= 15 is 0 Å². The summed E-state index contributed by atoms with van der Waals surface area (Å²) in [6.45, 7) is 0. The van der Waals surface area contributed by atoms with Gasteiger partial charge in [-0.05, 0) is 35.4 Å². The number of amides is 1. The molecule has 6 nitrogen and oxygen atoms in total. The third-order valence-corrected chi connectivity index (χ3v) is 5.74. The molecule has 0 aliphatic rings. The summed E-state index contributed by atoms with van der Waals surface area (Å²) in [6, 6.07) is 28.9. The highest BCUT2D eigenvalue weighted by Gasteiger charge is 2.19. The van der Waals surface area contributed by atoms with Gasteiger partial charge in [0.1, 0.15) is 0 Å². The van der Waals surface area contributed by atoms with Crippen molar-refractivity contribution in [1.82, 2.24) is 9.88 Å². The van der Waals surface area contributed by atoms with E-state index < -0.39 is 5.97 Å². The molecule has 6 heteroatoms. The lowest BCUT2D eigenvalue weighted by Crippen LogP contribution is -2.29. The average molecular weight is 453 g/mol. The smallest absolute Gasteiger partial charge is 0.309 e. The van der Waals surface area contributed by atoms with Crippen LogP contribution in [-0.4, -0.2) is 27.3 Å². The lowest BCUT2D eigenvalue weighted by atomic mass is 9.98. The molecule has 0 aliphatic carbocycles. The molecule has 4 rings (SSSR count). The van der Waals surface area contributed by atoms with Crippen molar-refractivity contribution in [2.75, 3.05) is 0 Å². The highest BCUT2D eigenvalue weighted by atomic mass is 16.4. The number of carbonyl (C=O) groups excluding carboxylic acids is 2. The van der Waals surface area contributed by atoms with E-state index in [4.69, 9.17) is 5.11 Å². The molecule has 1 amide bonds. The highest BCUT2D eigenvalue weighted by Crippen LogP contribution is 2.22. The van der Waals surface area contributed by atoms with Crippen molar-refractivity contribution in [2.24, 2.45) is 7.05 Å². The minimum absolute atomic E-state index is 0.160. The number of carboxylic acid groups (broad SMARTS) is 1. The van der Waals surface area contributed by atoms with Crippen LogP contribution in [-0.2, 0) is 18.3 Å². The fraction of sp³-hybridized carbons (Fsp3) is 0.107. The number of ketones is 1. The van der Waals surface area contributed by atoms with Crippen molar-refractivity contribution in [3.63, 3.8) is 0 Å². The molecule has 4 aromatic rings. The number of nitrogens with one attached hydrogen (secondary N) is 1. The molecule has 2 N–H and O–H groups in total. The average Bonchev–Trinajstić information content (AvgIpc) is 3.22. The fourth-order valence-electron chi connectivity index (χ4n) is 3.90. The largest absolute Gasteiger partial charge is 0.481 e. The minimum Gasteiger partial charge on any atom is -0.481 e. The standard InChI is InChI=1S/C28H24N2O4/c1-30-23(18-25(31)32)16-17-24(30)27(33)21-12-14-22(15-13-21)28(34)29-26(19-8-4-2-5-9-19)20-10-6-3-7-11-20/h2-17,26H,18H2,1H3,(H,29,34)(H,31,32). The van der Waals surface area contributed by atoms with Crippen LogP contribution in [0.5, 0.6) is 0 Å².